The first-order valence-electron chi connectivity index (χ1n) is 6.74. The summed E-state index contributed by atoms with van der Waals surface area (Å²) in [6.07, 6.45) is 1.41. The molecule has 1 saturated heterocycles. The average molecular weight is 283 g/mol. The molecule has 0 aliphatic carbocycles. The van der Waals surface area contributed by atoms with Gasteiger partial charge in [0, 0.05) is 25.0 Å². The smallest absolute Gasteiger partial charge is 0.123 e. The molecule has 1 fully saturated rings. The molecule has 2 aromatic rings. The Labute approximate surface area is 122 Å². The Morgan fingerprint density at radius 1 is 1.24 bits per heavy atom. The summed E-state index contributed by atoms with van der Waals surface area (Å²) in [5, 5.41) is 8.79. The van der Waals surface area contributed by atoms with E-state index in [4.69, 9.17) is 10.00 Å². The second-order valence-corrected chi connectivity index (χ2v) is 4.87. The summed E-state index contributed by atoms with van der Waals surface area (Å²) in [4.78, 5) is 6.43. The van der Waals surface area contributed by atoms with E-state index in [0.29, 0.717) is 18.7 Å². The molecule has 4 nitrogen and oxygen atoms in total. The number of anilines is 1. The van der Waals surface area contributed by atoms with E-state index < -0.39 is 0 Å². The Morgan fingerprint density at radius 2 is 2.05 bits per heavy atom. The van der Waals surface area contributed by atoms with Crippen molar-refractivity contribution in [2.45, 2.75) is 6.10 Å². The molecule has 1 aliphatic rings. The summed E-state index contributed by atoms with van der Waals surface area (Å²) < 4.78 is 18.7. The molecule has 21 heavy (non-hydrogen) atoms. The number of nitriles is 1. The first-order chi connectivity index (χ1) is 10.3. The van der Waals surface area contributed by atoms with Crippen LogP contribution in [0.4, 0.5) is 10.1 Å². The lowest BCUT2D eigenvalue weighted by Gasteiger charge is -2.34. The molecule has 1 aromatic heterocycles. The predicted molar refractivity (Wildman–Crippen MR) is 76.3 cm³/mol. The highest BCUT2D eigenvalue weighted by Crippen LogP contribution is 2.25. The number of ether oxygens (including phenoxy) is 1. The van der Waals surface area contributed by atoms with E-state index in [0.717, 1.165) is 17.9 Å². The Hall–Kier alpha value is -2.45. The molecular weight excluding hydrogens is 269 g/mol. The van der Waals surface area contributed by atoms with Crippen LogP contribution in [0.1, 0.15) is 17.4 Å². The lowest BCUT2D eigenvalue weighted by Crippen LogP contribution is -2.38. The van der Waals surface area contributed by atoms with Crippen LogP contribution < -0.4 is 4.90 Å². The van der Waals surface area contributed by atoms with Gasteiger partial charge in [-0.3, -0.25) is 4.98 Å². The zero-order valence-electron chi connectivity index (χ0n) is 11.4. The molecule has 1 aromatic carbocycles. The van der Waals surface area contributed by atoms with Crippen molar-refractivity contribution in [3.63, 3.8) is 0 Å². The minimum Gasteiger partial charge on any atom is -0.368 e. The van der Waals surface area contributed by atoms with E-state index in [1.54, 1.807) is 24.4 Å². The van der Waals surface area contributed by atoms with Gasteiger partial charge >= 0.3 is 0 Å². The Kier molecular flexibility index (Phi) is 3.80. The van der Waals surface area contributed by atoms with Gasteiger partial charge in [-0.15, -0.1) is 0 Å². The summed E-state index contributed by atoms with van der Waals surface area (Å²) in [6.45, 7) is 2.01. The molecule has 0 radical (unpaired) electrons. The van der Waals surface area contributed by atoms with Crippen molar-refractivity contribution in [3.05, 3.63) is 59.7 Å². The number of aromatic nitrogens is 1. The largest absolute Gasteiger partial charge is 0.368 e. The van der Waals surface area contributed by atoms with Gasteiger partial charge in [0.1, 0.15) is 18.0 Å². The second-order valence-electron chi connectivity index (χ2n) is 4.87. The zero-order valence-corrected chi connectivity index (χ0v) is 11.4. The average Bonchev–Trinajstić information content (AvgIpc) is 2.56. The number of pyridine rings is 1. The predicted octanol–water partition coefficient (Wildman–Crippen LogP) is 2.67. The van der Waals surface area contributed by atoms with E-state index in [9.17, 15) is 4.39 Å². The molecule has 0 saturated carbocycles. The van der Waals surface area contributed by atoms with Crippen molar-refractivity contribution < 1.29 is 9.13 Å². The number of hydrogen-bond acceptors (Lipinski definition) is 4. The number of halogens is 1. The number of nitrogens with zero attached hydrogens (tertiary/aromatic N) is 3. The maximum Gasteiger partial charge on any atom is 0.123 e. The first-order valence-corrected chi connectivity index (χ1v) is 6.74. The minimum absolute atomic E-state index is 0.142. The van der Waals surface area contributed by atoms with Gasteiger partial charge < -0.3 is 9.64 Å². The molecule has 2 heterocycles. The molecule has 0 N–H and O–H groups in total. The van der Waals surface area contributed by atoms with Crippen molar-refractivity contribution in [2.75, 3.05) is 24.6 Å². The molecule has 1 atom stereocenters. The van der Waals surface area contributed by atoms with Crippen LogP contribution in [-0.2, 0) is 4.74 Å². The molecule has 0 spiro atoms. The zero-order chi connectivity index (χ0) is 14.7. The molecule has 106 valence electrons. The molecular formula is C16H14FN3O. The maximum absolute atomic E-state index is 13.0. The van der Waals surface area contributed by atoms with Crippen molar-refractivity contribution in [1.82, 2.24) is 4.98 Å². The van der Waals surface area contributed by atoms with Gasteiger partial charge in [0.05, 0.1) is 17.9 Å². The van der Waals surface area contributed by atoms with Crippen LogP contribution in [0.3, 0.4) is 0 Å². The fourth-order valence-corrected chi connectivity index (χ4v) is 2.38. The fourth-order valence-electron chi connectivity index (χ4n) is 2.38. The second kappa shape index (κ2) is 5.90. The number of hydrogen-bond donors (Lipinski definition) is 0. The van der Waals surface area contributed by atoms with Crippen LogP contribution in [0.5, 0.6) is 0 Å². The van der Waals surface area contributed by atoms with Gasteiger partial charge in [-0.1, -0.05) is 0 Å². The molecule has 1 unspecified atom stereocenters. The van der Waals surface area contributed by atoms with Crippen molar-refractivity contribution >= 4 is 5.69 Å². The van der Waals surface area contributed by atoms with Crippen LogP contribution >= 0.6 is 0 Å². The Morgan fingerprint density at radius 3 is 2.71 bits per heavy atom. The van der Waals surface area contributed by atoms with E-state index in [1.807, 2.05) is 12.1 Å². The highest BCUT2D eigenvalue weighted by molar-refractivity contribution is 5.47. The molecule has 5 heteroatoms. The van der Waals surface area contributed by atoms with Crippen LogP contribution in [0.15, 0.2) is 42.6 Å². The monoisotopic (exact) mass is 283 g/mol. The Balaban J connectivity index is 1.76. The normalized spacial score (nSPS) is 18.3. The van der Waals surface area contributed by atoms with Crippen molar-refractivity contribution in [3.8, 4) is 6.07 Å². The van der Waals surface area contributed by atoms with Crippen LogP contribution in [0, 0.1) is 17.1 Å². The summed E-state index contributed by atoms with van der Waals surface area (Å²) in [6, 6.07) is 12.1. The summed E-state index contributed by atoms with van der Waals surface area (Å²) >= 11 is 0. The van der Waals surface area contributed by atoms with Crippen LogP contribution in [0.25, 0.3) is 0 Å². The highest BCUT2D eigenvalue weighted by Gasteiger charge is 2.23. The SMILES string of the molecule is N#Cc1ccc(C2CN(c3ccc(F)cc3)CCO2)nc1. The van der Waals surface area contributed by atoms with Crippen molar-refractivity contribution in [1.29, 1.82) is 5.26 Å². The van der Waals surface area contributed by atoms with E-state index in [2.05, 4.69) is 9.88 Å². The minimum atomic E-state index is -0.239. The summed E-state index contributed by atoms with van der Waals surface area (Å²) in [5.41, 5.74) is 2.31. The molecule has 0 bridgehead atoms. The van der Waals surface area contributed by atoms with Gasteiger partial charge in [0.25, 0.3) is 0 Å². The molecule has 0 amide bonds. The van der Waals surface area contributed by atoms with E-state index >= 15 is 0 Å². The third kappa shape index (κ3) is 3.01. The van der Waals surface area contributed by atoms with Gasteiger partial charge in [-0.2, -0.15) is 5.26 Å². The van der Waals surface area contributed by atoms with E-state index in [-0.39, 0.29) is 11.9 Å². The van der Waals surface area contributed by atoms with Gasteiger partial charge in [-0.25, -0.2) is 4.39 Å². The highest BCUT2D eigenvalue weighted by atomic mass is 19.1. The standard InChI is InChI=1S/C16H14FN3O/c17-13-2-4-14(5-3-13)20-7-8-21-16(11-20)15-6-1-12(9-18)10-19-15/h1-6,10,16H,7-8,11H2. The molecule has 1 aliphatic heterocycles. The first kappa shape index (κ1) is 13.5. The number of rotatable bonds is 2. The van der Waals surface area contributed by atoms with Crippen molar-refractivity contribution in [2.24, 2.45) is 0 Å². The third-order valence-corrected chi connectivity index (χ3v) is 3.50. The topological polar surface area (TPSA) is 49.2 Å². The summed E-state index contributed by atoms with van der Waals surface area (Å²) in [7, 11) is 0. The lowest BCUT2D eigenvalue weighted by molar-refractivity contribution is 0.0370. The number of morpholine rings is 1. The van der Waals surface area contributed by atoms with E-state index in [1.165, 1.54) is 12.1 Å². The van der Waals surface area contributed by atoms with Crippen LogP contribution in [-0.4, -0.2) is 24.7 Å². The molecule has 3 rings (SSSR count). The van der Waals surface area contributed by atoms with Gasteiger partial charge in [0.15, 0.2) is 0 Å². The summed E-state index contributed by atoms with van der Waals surface area (Å²) in [5.74, 6) is -0.239. The fraction of sp³-hybridized carbons (Fsp3) is 0.250. The Bertz CT molecular complexity index is 649. The van der Waals surface area contributed by atoms with Crippen LogP contribution in [0.2, 0.25) is 0 Å². The van der Waals surface area contributed by atoms with Gasteiger partial charge in [0.2, 0.25) is 0 Å². The lowest BCUT2D eigenvalue weighted by atomic mass is 10.1. The quantitative estimate of drug-likeness (QED) is 0.850. The number of benzene rings is 1. The maximum atomic E-state index is 13.0. The third-order valence-electron chi connectivity index (χ3n) is 3.50. The van der Waals surface area contributed by atoms with Gasteiger partial charge in [-0.05, 0) is 36.4 Å².